The van der Waals surface area contributed by atoms with Crippen LogP contribution in [0.15, 0.2) is 59.9 Å². The van der Waals surface area contributed by atoms with Gasteiger partial charge in [-0.25, -0.2) is 4.98 Å². The molecule has 2 aromatic heterocycles. The van der Waals surface area contributed by atoms with Crippen LogP contribution >= 0.6 is 23.4 Å². The molecule has 0 saturated carbocycles. The minimum atomic E-state index is -4.46. The van der Waals surface area contributed by atoms with Crippen molar-refractivity contribution in [1.29, 1.82) is 0 Å². The van der Waals surface area contributed by atoms with Crippen LogP contribution in [0.1, 0.15) is 12.0 Å². The fraction of sp³-hybridized carbons (Fsp3) is 0.346. The molecule has 4 aromatic rings. The lowest BCUT2D eigenvalue weighted by atomic mass is 10.2. The number of fused-ring (bicyclic) bond motifs is 1. The Morgan fingerprint density at radius 3 is 2.64 bits per heavy atom. The van der Waals surface area contributed by atoms with Crippen LogP contribution in [0.5, 0.6) is 11.5 Å². The summed E-state index contributed by atoms with van der Waals surface area (Å²) in [5.41, 5.74) is 0.469. The maximum atomic E-state index is 13.0. The summed E-state index contributed by atoms with van der Waals surface area (Å²) in [6, 6.07) is 11.4. The van der Waals surface area contributed by atoms with Crippen molar-refractivity contribution >= 4 is 40.6 Å². The molecule has 0 aliphatic carbocycles. The molecule has 2 aromatic carbocycles. The van der Waals surface area contributed by atoms with E-state index in [-0.39, 0.29) is 16.5 Å². The summed E-state index contributed by atoms with van der Waals surface area (Å²) in [7, 11) is 2.15. The fourth-order valence-electron chi connectivity index (χ4n) is 4.13. The number of nitrogens with one attached hydrogen (secondary N) is 1. The van der Waals surface area contributed by atoms with Crippen molar-refractivity contribution in [1.82, 2.24) is 29.4 Å². The summed E-state index contributed by atoms with van der Waals surface area (Å²) in [4.78, 5) is 14.1. The van der Waals surface area contributed by atoms with E-state index in [2.05, 4.69) is 37.2 Å². The molecule has 0 radical (unpaired) electrons. The van der Waals surface area contributed by atoms with Crippen molar-refractivity contribution in [3.05, 3.63) is 65.3 Å². The minimum absolute atomic E-state index is 0.0378. The van der Waals surface area contributed by atoms with E-state index >= 15 is 0 Å². The van der Waals surface area contributed by atoms with Gasteiger partial charge < -0.3 is 19.9 Å². The standard InChI is InChI=1S/C26H27ClF3N7OS/c1-35-11-13-36(14-12-35)10-3-15-39-25-33-23-8-9-31-37(23)24(34-25)32-19-6-7-22(21(27)17-19)38-20-5-2-4-18(16-20)26(28,29)30/h2,4-9,16-17H,3,10-15H2,1H3,(H,32,33,34). The van der Waals surface area contributed by atoms with Gasteiger partial charge in [0.05, 0.1) is 16.8 Å². The van der Waals surface area contributed by atoms with Gasteiger partial charge >= 0.3 is 6.18 Å². The summed E-state index contributed by atoms with van der Waals surface area (Å²) < 4.78 is 46.3. The summed E-state index contributed by atoms with van der Waals surface area (Å²) in [5, 5.41) is 8.38. The van der Waals surface area contributed by atoms with Crippen molar-refractivity contribution in [3.63, 3.8) is 0 Å². The predicted molar refractivity (Wildman–Crippen MR) is 146 cm³/mol. The van der Waals surface area contributed by atoms with Gasteiger partial charge in [-0.05, 0) is 56.4 Å². The first-order chi connectivity index (χ1) is 18.7. The zero-order valence-corrected chi connectivity index (χ0v) is 22.7. The third-order valence-corrected chi connectivity index (χ3v) is 7.49. The number of aromatic nitrogens is 4. The number of benzene rings is 2. The second kappa shape index (κ2) is 12.0. The van der Waals surface area contributed by atoms with Crippen LogP contribution in [-0.2, 0) is 6.18 Å². The van der Waals surface area contributed by atoms with Crippen molar-refractivity contribution in [2.24, 2.45) is 0 Å². The largest absolute Gasteiger partial charge is 0.456 e. The second-order valence-electron chi connectivity index (χ2n) is 9.18. The van der Waals surface area contributed by atoms with Gasteiger partial charge in [-0.2, -0.15) is 27.8 Å². The van der Waals surface area contributed by atoms with Crippen LogP contribution in [0.4, 0.5) is 24.8 Å². The summed E-state index contributed by atoms with van der Waals surface area (Å²) in [6.07, 6.45) is -1.78. The van der Waals surface area contributed by atoms with Crippen LogP contribution in [0.2, 0.25) is 5.02 Å². The van der Waals surface area contributed by atoms with Gasteiger partial charge in [0.15, 0.2) is 10.8 Å². The monoisotopic (exact) mass is 577 g/mol. The molecule has 0 atom stereocenters. The number of likely N-dealkylation sites (N-methyl/N-ethyl adjacent to an activating group) is 1. The van der Waals surface area contributed by atoms with Gasteiger partial charge in [0, 0.05) is 43.7 Å². The topological polar surface area (TPSA) is 70.8 Å². The molecule has 3 heterocycles. The quantitative estimate of drug-likeness (QED) is 0.190. The number of ether oxygens (including phenoxy) is 1. The van der Waals surface area contributed by atoms with Gasteiger partial charge in [-0.3, -0.25) is 0 Å². The highest BCUT2D eigenvalue weighted by Gasteiger charge is 2.30. The van der Waals surface area contributed by atoms with E-state index in [1.807, 2.05) is 0 Å². The number of nitrogens with zero attached hydrogens (tertiary/aromatic N) is 6. The van der Waals surface area contributed by atoms with E-state index in [4.69, 9.17) is 16.3 Å². The molecule has 5 rings (SSSR count). The molecule has 39 heavy (non-hydrogen) atoms. The van der Waals surface area contributed by atoms with Crippen molar-refractivity contribution in [2.75, 3.05) is 50.8 Å². The van der Waals surface area contributed by atoms with Gasteiger partial charge in [0.2, 0.25) is 5.95 Å². The van der Waals surface area contributed by atoms with E-state index in [9.17, 15) is 13.2 Å². The highest BCUT2D eigenvalue weighted by molar-refractivity contribution is 7.99. The summed E-state index contributed by atoms with van der Waals surface area (Å²) in [5.74, 6) is 1.62. The zero-order chi connectivity index (χ0) is 27.4. The van der Waals surface area contributed by atoms with Crippen molar-refractivity contribution in [3.8, 4) is 11.5 Å². The van der Waals surface area contributed by atoms with E-state index in [1.54, 1.807) is 46.7 Å². The van der Waals surface area contributed by atoms with Gasteiger partial charge in [0.25, 0.3) is 0 Å². The predicted octanol–water partition coefficient (Wildman–Crippen LogP) is 6.06. The maximum Gasteiger partial charge on any atom is 0.416 e. The number of hydrogen-bond donors (Lipinski definition) is 1. The smallest absolute Gasteiger partial charge is 0.416 e. The van der Waals surface area contributed by atoms with Crippen molar-refractivity contribution in [2.45, 2.75) is 17.8 Å². The van der Waals surface area contributed by atoms with Crippen LogP contribution < -0.4 is 10.1 Å². The fourth-order valence-corrected chi connectivity index (χ4v) is 5.11. The Labute approximate surface area is 233 Å². The zero-order valence-electron chi connectivity index (χ0n) is 21.2. The number of anilines is 2. The van der Waals surface area contributed by atoms with Crippen LogP contribution in [0.25, 0.3) is 5.65 Å². The van der Waals surface area contributed by atoms with E-state index < -0.39 is 11.7 Å². The van der Waals surface area contributed by atoms with Crippen LogP contribution in [0.3, 0.4) is 0 Å². The number of thioether (sulfide) groups is 1. The Morgan fingerprint density at radius 1 is 1.05 bits per heavy atom. The van der Waals surface area contributed by atoms with Gasteiger partial charge in [0.1, 0.15) is 11.5 Å². The first-order valence-electron chi connectivity index (χ1n) is 12.4. The van der Waals surface area contributed by atoms with E-state index in [1.165, 1.54) is 12.1 Å². The lowest BCUT2D eigenvalue weighted by molar-refractivity contribution is -0.137. The highest BCUT2D eigenvalue weighted by atomic mass is 35.5. The molecule has 1 fully saturated rings. The third-order valence-electron chi connectivity index (χ3n) is 6.26. The molecule has 206 valence electrons. The second-order valence-corrected chi connectivity index (χ2v) is 10.6. The highest BCUT2D eigenvalue weighted by Crippen LogP contribution is 2.36. The molecule has 1 aliphatic heterocycles. The first kappa shape index (κ1) is 27.5. The minimum Gasteiger partial charge on any atom is -0.456 e. The SMILES string of the molecule is CN1CCN(CCCSc2nc(Nc3ccc(Oc4cccc(C(F)(F)F)c4)c(Cl)c3)n3nccc3n2)CC1. The first-order valence-corrected chi connectivity index (χ1v) is 13.8. The Kier molecular flexibility index (Phi) is 8.46. The number of hydrogen-bond acceptors (Lipinski definition) is 8. The van der Waals surface area contributed by atoms with Gasteiger partial charge in [-0.15, -0.1) is 0 Å². The third kappa shape index (κ3) is 7.13. The average Bonchev–Trinajstić information content (AvgIpc) is 3.38. The van der Waals surface area contributed by atoms with E-state index in [0.29, 0.717) is 22.4 Å². The summed E-state index contributed by atoms with van der Waals surface area (Å²) in [6.45, 7) is 5.45. The Hall–Kier alpha value is -3.06. The molecule has 1 aliphatic rings. The molecule has 13 heteroatoms. The normalized spacial score (nSPS) is 15.1. The summed E-state index contributed by atoms with van der Waals surface area (Å²) >= 11 is 8.00. The number of rotatable bonds is 9. The molecular weight excluding hydrogens is 551 g/mol. The maximum absolute atomic E-state index is 13.0. The van der Waals surface area contributed by atoms with E-state index in [0.717, 1.165) is 57.0 Å². The molecule has 1 saturated heterocycles. The van der Waals surface area contributed by atoms with Crippen LogP contribution in [-0.4, -0.2) is 74.9 Å². The lowest BCUT2D eigenvalue weighted by Gasteiger charge is -2.32. The Bertz CT molecular complexity index is 1430. The molecule has 0 amide bonds. The molecule has 0 unspecified atom stereocenters. The van der Waals surface area contributed by atoms with Crippen molar-refractivity contribution < 1.29 is 17.9 Å². The molecule has 0 spiro atoms. The lowest BCUT2D eigenvalue weighted by Crippen LogP contribution is -2.44. The van der Waals surface area contributed by atoms with Crippen LogP contribution in [0, 0.1) is 0 Å². The Morgan fingerprint density at radius 2 is 1.87 bits per heavy atom. The number of alkyl halides is 3. The average molecular weight is 578 g/mol. The molecule has 1 N–H and O–H groups in total. The van der Waals surface area contributed by atoms with Gasteiger partial charge in [-0.1, -0.05) is 29.4 Å². The molecular formula is C26H27ClF3N7OS. The molecule has 8 nitrogen and oxygen atoms in total. The Balaban J connectivity index is 1.24. The number of piperazine rings is 1. The number of halogens is 4. The molecule has 0 bridgehead atoms.